The molecule has 7 heteroatoms. The van der Waals surface area contributed by atoms with Crippen LogP contribution in [0.3, 0.4) is 0 Å². The summed E-state index contributed by atoms with van der Waals surface area (Å²) in [6.07, 6.45) is -0.530. The SMILES string of the molecule is CCC[CH2][Sn]([CH2]CCC)([CH2]CCC)/[C](=C/c1ccc(C(F)(F)F)cc1)c1ccc(C(F)(F)F)cc1. The molecular formula is C28H36F6Sn. The number of alkyl halides is 6. The quantitative estimate of drug-likeness (QED) is 0.128. The van der Waals surface area contributed by atoms with Gasteiger partial charge in [-0.15, -0.1) is 0 Å². The first-order valence-electron chi connectivity index (χ1n) is 12.5. The number of benzene rings is 2. The molecule has 2 rings (SSSR count). The standard InChI is InChI=1S/C16H9F6.3C4H9.Sn/c17-15(18,19)13-7-3-11(4-8-13)1-2-12-5-9-14(10-6-12)16(20,21)22;3*1-3-4-2;/h1,3-10H;3*1,3-4H2,2H3;. The van der Waals surface area contributed by atoms with Gasteiger partial charge in [-0.3, -0.25) is 0 Å². The van der Waals surface area contributed by atoms with Crippen LogP contribution in [0, 0.1) is 0 Å². The first-order chi connectivity index (χ1) is 16.5. The van der Waals surface area contributed by atoms with Crippen LogP contribution in [0.15, 0.2) is 48.5 Å². The molecule has 194 valence electrons. The fourth-order valence-electron chi connectivity index (χ4n) is 4.64. The first-order valence-corrected chi connectivity index (χ1v) is 20.0. The average molecular weight is 605 g/mol. The van der Waals surface area contributed by atoms with Gasteiger partial charge in [0.05, 0.1) is 0 Å². The summed E-state index contributed by atoms with van der Waals surface area (Å²) in [5.74, 6) is 0. The van der Waals surface area contributed by atoms with E-state index in [-0.39, 0.29) is 0 Å². The van der Waals surface area contributed by atoms with E-state index in [1.165, 1.54) is 12.1 Å². The summed E-state index contributed by atoms with van der Waals surface area (Å²) in [6, 6.07) is 10.5. The fraction of sp³-hybridized carbons (Fsp3) is 0.500. The van der Waals surface area contributed by atoms with E-state index in [0.717, 1.165) is 85.3 Å². The van der Waals surface area contributed by atoms with Crippen molar-refractivity contribution < 1.29 is 26.3 Å². The zero-order chi connectivity index (χ0) is 26.1. The molecule has 35 heavy (non-hydrogen) atoms. The van der Waals surface area contributed by atoms with Crippen LogP contribution >= 0.6 is 0 Å². The second-order valence-corrected chi connectivity index (χ2v) is 22.5. The number of hydrogen-bond donors (Lipinski definition) is 0. The molecule has 0 aliphatic rings. The van der Waals surface area contributed by atoms with Crippen molar-refractivity contribution in [2.24, 2.45) is 0 Å². The average Bonchev–Trinajstić information content (AvgIpc) is 2.82. The van der Waals surface area contributed by atoms with Crippen LogP contribution in [0.5, 0.6) is 0 Å². The molecule has 0 aromatic heterocycles. The van der Waals surface area contributed by atoms with Crippen molar-refractivity contribution in [1.82, 2.24) is 0 Å². The molecule has 0 aliphatic heterocycles. The third kappa shape index (κ3) is 8.57. The Morgan fingerprint density at radius 3 is 1.34 bits per heavy atom. The summed E-state index contributed by atoms with van der Waals surface area (Å²) >= 11 is -3.14. The monoisotopic (exact) mass is 606 g/mol. The van der Waals surface area contributed by atoms with Crippen molar-refractivity contribution >= 4 is 28.0 Å². The van der Waals surface area contributed by atoms with Gasteiger partial charge in [0, 0.05) is 0 Å². The summed E-state index contributed by atoms with van der Waals surface area (Å²) in [4.78, 5) is 0. The van der Waals surface area contributed by atoms with E-state index in [1.54, 1.807) is 12.1 Å². The third-order valence-electron chi connectivity index (χ3n) is 6.67. The molecule has 0 aliphatic carbocycles. The second-order valence-electron chi connectivity index (χ2n) is 9.34. The Morgan fingerprint density at radius 1 is 0.629 bits per heavy atom. The maximum atomic E-state index is 13.2. The number of rotatable bonds is 12. The van der Waals surface area contributed by atoms with Gasteiger partial charge in [0.25, 0.3) is 0 Å². The molecule has 0 nitrogen and oxygen atoms in total. The summed E-state index contributed by atoms with van der Waals surface area (Å²) < 4.78 is 83.4. The van der Waals surface area contributed by atoms with Gasteiger partial charge in [-0.2, -0.15) is 0 Å². The Balaban J connectivity index is 2.69. The molecule has 0 heterocycles. The Bertz CT molecular complexity index is 902. The molecule has 0 bridgehead atoms. The van der Waals surface area contributed by atoms with Gasteiger partial charge in [-0.25, -0.2) is 0 Å². The van der Waals surface area contributed by atoms with Crippen LogP contribution in [-0.4, -0.2) is 18.4 Å². The predicted octanol–water partition coefficient (Wildman–Crippen LogP) is 10.7. The van der Waals surface area contributed by atoms with Gasteiger partial charge in [-0.1, -0.05) is 0 Å². The van der Waals surface area contributed by atoms with Crippen LogP contribution in [-0.2, 0) is 12.4 Å². The fourth-order valence-corrected chi connectivity index (χ4v) is 21.5. The number of unbranched alkanes of at least 4 members (excludes halogenated alkanes) is 3. The summed E-state index contributed by atoms with van der Waals surface area (Å²) in [6.45, 7) is 6.44. The van der Waals surface area contributed by atoms with Gasteiger partial charge in [0.15, 0.2) is 0 Å². The minimum atomic E-state index is -4.41. The van der Waals surface area contributed by atoms with Gasteiger partial charge in [-0.05, 0) is 0 Å². The molecule has 0 saturated heterocycles. The Hall–Kier alpha value is -1.44. The Labute approximate surface area is 209 Å². The van der Waals surface area contributed by atoms with Crippen molar-refractivity contribution in [1.29, 1.82) is 0 Å². The normalized spacial score (nSPS) is 13.3. The van der Waals surface area contributed by atoms with Gasteiger partial charge in [0.2, 0.25) is 0 Å². The summed E-state index contributed by atoms with van der Waals surface area (Å²) in [5, 5.41) is 0. The van der Waals surface area contributed by atoms with E-state index in [0.29, 0.717) is 5.56 Å². The molecule has 0 N–H and O–H groups in total. The third-order valence-corrected chi connectivity index (χ3v) is 22.4. The van der Waals surface area contributed by atoms with Gasteiger partial charge in [0.1, 0.15) is 0 Å². The molecule has 0 unspecified atom stereocenters. The molecule has 0 atom stereocenters. The van der Waals surface area contributed by atoms with E-state index < -0.39 is 41.9 Å². The molecule has 0 saturated carbocycles. The second kappa shape index (κ2) is 13.2. The zero-order valence-electron chi connectivity index (χ0n) is 20.8. The van der Waals surface area contributed by atoms with Crippen LogP contribution in [0.2, 0.25) is 13.3 Å². The van der Waals surface area contributed by atoms with E-state index in [4.69, 9.17) is 0 Å². The van der Waals surface area contributed by atoms with E-state index in [1.807, 2.05) is 6.08 Å². The molecule has 0 spiro atoms. The van der Waals surface area contributed by atoms with Crippen LogP contribution in [0.25, 0.3) is 9.67 Å². The van der Waals surface area contributed by atoms with Crippen LogP contribution in [0.1, 0.15) is 81.5 Å². The molecule has 2 aromatic carbocycles. The molecule has 2 aromatic rings. The predicted molar refractivity (Wildman–Crippen MR) is 136 cm³/mol. The van der Waals surface area contributed by atoms with E-state index in [2.05, 4.69) is 20.8 Å². The van der Waals surface area contributed by atoms with Crippen LogP contribution < -0.4 is 0 Å². The maximum absolute atomic E-state index is 13.2. The topological polar surface area (TPSA) is 0 Å². The Kier molecular flexibility index (Phi) is 11.2. The van der Waals surface area contributed by atoms with E-state index >= 15 is 0 Å². The van der Waals surface area contributed by atoms with Crippen molar-refractivity contribution in [2.75, 3.05) is 0 Å². The number of hydrogen-bond acceptors (Lipinski definition) is 0. The minimum absolute atomic E-state index is 0.665. The van der Waals surface area contributed by atoms with Crippen molar-refractivity contribution in [3.63, 3.8) is 0 Å². The van der Waals surface area contributed by atoms with Crippen LogP contribution in [0.4, 0.5) is 26.3 Å². The van der Waals surface area contributed by atoms with Crippen molar-refractivity contribution in [3.05, 3.63) is 70.8 Å². The first kappa shape index (κ1) is 29.8. The molecule has 0 radical (unpaired) electrons. The van der Waals surface area contributed by atoms with Gasteiger partial charge < -0.3 is 0 Å². The molecule has 0 amide bonds. The summed E-state index contributed by atoms with van der Waals surface area (Å²) in [5.41, 5.74) is 0.0607. The molecular weight excluding hydrogens is 569 g/mol. The number of halogens is 6. The van der Waals surface area contributed by atoms with E-state index in [9.17, 15) is 26.3 Å². The zero-order valence-corrected chi connectivity index (χ0v) is 23.7. The Morgan fingerprint density at radius 2 is 1.00 bits per heavy atom. The molecule has 0 fully saturated rings. The van der Waals surface area contributed by atoms with Gasteiger partial charge >= 0.3 is 210 Å². The van der Waals surface area contributed by atoms with Crippen molar-refractivity contribution in [3.8, 4) is 0 Å². The van der Waals surface area contributed by atoms with Crippen molar-refractivity contribution in [2.45, 2.75) is 85.0 Å². The summed E-state index contributed by atoms with van der Waals surface area (Å²) in [7, 11) is 0.